The van der Waals surface area contributed by atoms with Crippen molar-refractivity contribution >= 4 is 11.4 Å². The molecule has 0 saturated carbocycles. The fourth-order valence-corrected chi connectivity index (χ4v) is 0.877. The number of nitrogens with zero attached hydrogens (tertiary/aromatic N) is 4. The number of hydrogen-bond acceptors (Lipinski definition) is 4. The minimum Gasteiger partial charge on any atom is -0.244 e. The predicted molar refractivity (Wildman–Crippen MR) is 44.7 cm³/mol. The van der Waals surface area contributed by atoms with Crippen molar-refractivity contribution in [2.24, 2.45) is 15.9 Å². The smallest absolute Gasteiger partial charge is 0.244 e. The van der Waals surface area contributed by atoms with Gasteiger partial charge in [0.05, 0.1) is 0 Å². The van der Waals surface area contributed by atoms with Crippen LogP contribution in [0.5, 0.6) is 0 Å². The molecule has 13 heavy (non-hydrogen) atoms. The molecule has 1 heterocycles. The molecule has 0 aromatic heterocycles. The van der Waals surface area contributed by atoms with Crippen molar-refractivity contribution in [2.75, 3.05) is 0 Å². The van der Waals surface area contributed by atoms with E-state index in [0.717, 1.165) is 0 Å². The first kappa shape index (κ1) is 13.0. The first-order chi connectivity index (χ1) is 5.69. The Hall–Kier alpha value is -0.0436. The molecular weight excluding hydrogens is 191 g/mol. The summed E-state index contributed by atoms with van der Waals surface area (Å²) in [7, 11) is 0. The quantitative estimate of drug-likeness (QED) is 0.454. The largest absolute Gasteiger partial charge is 1.00 e. The van der Waals surface area contributed by atoms with Crippen molar-refractivity contribution in [2.45, 2.75) is 20.0 Å². The van der Waals surface area contributed by atoms with Gasteiger partial charge in [-0.3, -0.25) is 0 Å². The van der Waals surface area contributed by atoms with E-state index in [0.29, 0.717) is 0 Å². The molecule has 0 unspecified atom stereocenters. The summed E-state index contributed by atoms with van der Waals surface area (Å²) < 4.78 is 0. The molecule has 0 saturated heterocycles. The number of aliphatic imine (C=N–C) groups is 2. The van der Waals surface area contributed by atoms with Crippen LogP contribution in [0.15, 0.2) is 9.98 Å². The van der Waals surface area contributed by atoms with Crippen LogP contribution in [-0.4, -0.2) is 17.6 Å². The minimum atomic E-state index is -0.241. The van der Waals surface area contributed by atoms with Gasteiger partial charge in [0.25, 0.3) is 0 Å². The van der Waals surface area contributed by atoms with E-state index in [4.69, 9.17) is 10.5 Å². The van der Waals surface area contributed by atoms with E-state index >= 15 is 0 Å². The molecule has 0 radical (unpaired) electrons. The van der Waals surface area contributed by atoms with Crippen LogP contribution in [0.3, 0.4) is 0 Å². The van der Waals surface area contributed by atoms with Crippen molar-refractivity contribution in [1.82, 2.24) is 0 Å². The van der Waals surface area contributed by atoms with Crippen LogP contribution in [0.1, 0.15) is 13.8 Å². The summed E-state index contributed by atoms with van der Waals surface area (Å²) >= 11 is 0. The fraction of sp³-hybridized carbons (Fsp3) is 0.500. The summed E-state index contributed by atoms with van der Waals surface area (Å²) in [6.07, 6.45) is -0.241. The van der Waals surface area contributed by atoms with Gasteiger partial charge in [-0.1, -0.05) is 13.8 Å². The Morgan fingerprint density at radius 1 is 1.15 bits per heavy atom. The van der Waals surface area contributed by atoms with E-state index in [1.54, 1.807) is 0 Å². The topological polar surface area (TPSA) is 72.3 Å². The van der Waals surface area contributed by atoms with E-state index in [1.165, 1.54) is 0 Å². The molecule has 0 bridgehead atoms. The number of rotatable bonds is 1. The van der Waals surface area contributed by atoms with Gasteiger partial charge in [-0.25, -0.2) is 9.98 Å². The first-order valence-electron chi connectivity index (χ1n) is 3.65. The second-order valence-electron chi connectivity index (χ2n) is 2.84. The third kappa shape index (κ3) is 2.98. The van der Waals surface area contributed by atoms with Crippen molar-refractivity contribution in [3.8, 4) is 12.1 Å². The van der Waals surface area contributed by atoms with Gasteiger partial charge in [0, 0.05) is 0 Å². The molecule has 1 aliphatic heterocycles. The average molecular weight is 199 g/mol. The molecular formula is C8H8KN4+. The zero-order valence-corrected chi connectivity index (χ0v) is 11.1. The Morgan fingerprint density at radius 3 is 1.77 bits per heavy atom. The maximum atomic E-state index is 8.55. The zero-order valence-electron chi connectivity index (χ0n) is 7.94. The van der Waals surface area contributed by atoms with Gasteiger partial charge in [0.2, 0.25) is 0 Å². The fourth-order valence-electron chi connectivity index (χ4n) is 0.877. The van der Waals surface area contributed by atoms with E-state index in [2.05, 4.69) is 9.98 Å². The Balaban J connectivity index is 0.00000144. The molecule has 60 valence electrons. The normalized spacial score (nSPS) is 15.5. The first-order valence-corrected chi connectivity index (χ1v) is 3.65. The van der Waals surface area contributed by atoms with Gasteiger partial charge in [0.1, 0.15) is 18.3 Å². The average Bonchev–Trinajstić information content (AvgIpc) is 2.46. The maximum Gasteiger partial charge on any atom is 1.00 e. The van der Waals surface area contributed by atoms with Crippen molar-refractivity contribution in [3.05, 3.63) is 0 Å². The molecule has 5 heteroatoms. The monoisotopic (exact) mass is 199 g/mol. The van der Waals surface area contributed by atoms with E-state index in [9.17, 15) is 0 Å². The SMILES string of the molecule is CC(C)C1N=C(C#N)C(C#N)=N1.[K+]. The molecule has 0 aromatic rings. The summed E-state index contributed by atoms with van der Waals surface area (Å²) in [5.41, 5.74) is 0.326. The summed E-state index contributed by atoms with van der Waals surface area (Å²) in [5.74, 6) is 0.235. The van der Waals surface area contributed by atoms with Crippen LogP contribution in [0.25, 0.3) is 0 Å². The van der Waals surface area contributed by atoms with Crippen LogP contribution in [0, 0.1) is 28.6 Å². The van der Waals surface area contributed by atoms with Crippen molar-refractivity contribution in [1.29, 1.82) is 10.5 Å². The van der Waals surface area contributed by atoms with Crippen LogP contribution < -0.4 is 51.4 Å². The van der Waals surface area contributed by atoms with Gasteiger partial charge in [-0.15, -0.1) is 0 Å². The molecule has 1 rings (SSSR count). The van der Waals surface area contributed by atoms with Crippen LogP contribution in [0.4, 0.5) is 0 Å². The summed E-state index contributed by atoms with van der Waals surface area (Å²) in [6, 6.07) is 3.69. The summed E-state index contributed by atoms with van der Waals surface area (Å²) in [6.45, 7) is 3.90. The van der Waals surface area contributed by atoms with Crippen molar-refractivity contribution < 1.29 is 51.4 Å². The predicted octanol–water partition coefficient (Wildman–Crippen LogP) is -2.08. The van der Waals surface area contributed by atoms with E-state index < -0.39 is 0 Å². The van der Waals surface area contributed by atoms with Gasteiger partial charge in [-0.05, 0) is 5.92 Å². The minimum absolute atomic E-state index is 0. The number of hydrogen-bond donors (Lipinski definition) is 0. The van der Waals surface area contributed by atoms with Gasteiger partial charge in [0.15, 0.2) is 11.4 Å². The second kappa shape index (κ2) is 5.64. The molecule has 0 aliphatic carbocycles. The van der Waals surface area contributed by atoms with Gasteiger partial charge < -0.3 is 0 Å². The molecule has 0 N–H and O–H groups in total. The van der Waals surface area contributed by atoms with E-state index in [1.807, 2.05) is 26.0 Å². The Kier molecular flexibility index (Phi) is 5.62. The van der Waals surface area contributed by atoms with Gasteiger partial charge >= 0.3 is 51.4 Å². The Morgan fingerprint density at radius 2 is 1.54 bits per heavy atom. The molecule has 0 fully saturated rings. The molecule has 0 amide bonds. The second-order valence-corrected chi connectivity index (χ2v) is 2.84. The Labute approximate surface area is 120 Å². The third-order valence-electron chi connectivity index (χ3n) is 1.56. The standard InChI is InChI=1S/C8H8N4.K/c1-5(2)8-11-6(3-9)7(4-10)12-8;/h5,8H,1-2H3;/q;+1. The maximum absolute atomic E-state index is 8.55. The molecule has 0 aromatic carbocycles. The summed E-state index contributed by atoms with van der Waals surface area (Å²) in [4.78, 5) is 7.98. The van der Waals surface area contributed by atoms with Gasteiger partial charge in [-0.2, -0.15) is 10.5 Å². The zero-order chi connectivity index (χ0) is 9.14. The van der Waals surface area contributed by atoms with E-state index in [-0.39, 0.29) is 74.9 Å². The third-order valence-corrected chi connectivity index (χ3v) is 1.56. The number of nitriles is 2. The molecule has 1 aliphatic rings. The summed E-state index contributed by atoms with van der Waals surface area (Å²) in [5, 5.41) is 17.1. The van der Waals surface area contributed by atoms with Crippen LogP contribution in [-0.2, 0) is 0 Å². The molecule has 0 spiro atoms. The Bertz CT molecular complexity index is 299. The molecule has 0 atom stereocenters. The van der Waals surface area contributed by atoms with Crippen LogP contribution in [0.2, 0.25) is 0 Å². The van der Waals surface area contributed by atoms with Crippen molar-refractivity contribution in [3.63, 3.8) is 0 Å². The molecule has 4 nitrogen and oxygen atoms in total. The van der Waals surface area contributed by atoms with Crippen LogP contribution >= 0.6 is 0 Å².